The third-order valence-electron chi connectivity index (χ3n) is 3.73. The Bertz CT molecular complexity index is 756. The standard InChI is InChI=1S/C17H19N3/c1-14-8-4-5-9-15(14)16-10-6-11-17(19(16)3)20-13-7-12-18(20)2/h4-13H,1-3H3/q+2. The van der Waals surface area contributed by atoms with Gasteiger partial charge in [0, 0.05) is 17.7 Å². The molecule has 0 spiro atoms. The minimum Gasteiger partial charge on any atom is -0.153 e. The van der Waals surface area contributed by atoms with Crippen molar-refractivity contribution in [3.63, 3.8) is 0 Å². The Morgan fingerprint density at radius 2 is 1.75 bits per heavy atom. The van der Waals surface area contributed by atoms with Gasteiger partial charge in [-0.15, -0.1) is 4.57 Å². The number of hydrogen-bond acceptors (Lipinski definition) is 0. The Kier molecular flexibility index (Phi) is 3.11. The summed E-state index contributed by atoms with van der Waals surface area (Å²) < 4.78 is 6.42. The van der Waals surface area contributed by atoms with Gasteiger partial charge in [-0.3, -0.25) is 0 Å². The number of rotatable bonds is 2. The van der Waals surface area contributed by atoms with Crippen LogP contribution in [0.15, 0.2) is 60.9 Å². The molecule has 0 saturated heterocycles. The highest BCUT2D eigenvalue weighted by Gasteiger charge is 2.24. The van der Waals surface area contributed by atoms with Crippen LogP contribution < -0.4 is 9.25 Å². The number of hydrogen-bond donors (Lipinski definition) is 0. The van der Waals surface area contributed by atoms with E-state index in [0.717, 1.165) is 5.82 Å². The van der Waals surface area contributed by atoms with Crippen molar-refractivity contribution in [1.29, 1.82) is 0 Å². The Hall–Kier alpha value is -2.42. The maximum atomic E-state index is 2.22. The summed E-state index contributed by atoms with van der Waals surface area (Å²) in [6, 6.07) is 16.9. The molecule has 0 aliphatic rings. The summed E-state index contributed by atoms with van der Waals surface area (Å²) in [7, 11) is 4.15. The normalized spacial score (nSPS) is 10.8. The van der Waals surface area contributed by atoms with E-state index in [1.54, 1.807) is 0 Å². The number of pyridine rings is 1. The summed E-state index contributed by atoms with van der Waals surface area (Å²) >= 11 is 0. The average molecular weight is 265 g/mol. The molecule has 1 aromatic carbocycles. The van der Waals surface area contributed by atoms with Gasteiger partial charge >= 0.3 is 5.82 Å². The predicted octanol–water partition coefficient (Wildman–Crippen LogP) is 2.10. The molecule has 0 saturated carbocycles. The maximum Gasteiger partial charge on any atom is 0.472 e. The molecule has 20 heavy (non-hydrogen) atoms. The van der Waals surface area contributed by atoms with E-state index in [4.69, 9.17) is 0 Å². The number of aryl methyl sites for hydroxylation is 2. The third-order valence-corrected chi connectivity index (χ3v) is 3.73. The zero-order chi connectivity index (χ0) is 14.1. The second kappa shape index (κ2) is 4.93. The van der Waals surface area contributed by atoms with Crippen molar-refractivity contribution >= 4 is 0 Å². The average Bonchev–Trinajstić information content (AvgIpc) is 2.86. The smallest absolute Gasteiger partial charge is 0.153 e. The highest BCUT2D eigenvalue weighted by Crippen LogP contribution is 2.19. The summed E-state index contributed by atoms with van der Waals surface area (Å²) in [5.74, 6) is 1.14. The minimum absolute atomic E-state index is 1.14. The van der Waals surface area contributed by atoms with Crippen LogP contribution in [-0.4, -0.2) is 4.68 Å². The molecule has 2 aromatic heterocycles. The molecule has 3 heteroatoms. The van der Waals surface area contributed by atoms with Gasteiger partial charge in [-0.2, -0.15) is 4.68 Å². The highest BCUT2D eigenvalue weighted by atomic mass is 15.4. The second-order valence-corrected chi connectivity index (χ2v) is 5.05. The second-order valence-electron chi connectivity index (χ2n) is 5.05. The van der Waals surface area contributed by atoms with Crippen molar-refractivity contribution < 1.29 is 9.25 Å². The molecule has 3 nitrogen and oxygen atoms in total. The first kappa shape index (κ1) is 12.6. The lowest BCUT2D eigenvalue weighted by Gasteiger charge is -2.04. The summed E-state index contributed by atoms with van der Waals surface area (Å²) in [5, 5.41) is 0. The van der Waals surface area contributed by atoms with Crippen molar-refractivity contribution in [3.05, 3.63) is 66.5 Å². The van der Waals surface area contributed by atoms with Gasteiger partial charge in [-0.1, -0.05) is 18.2 Å². The van der Waals surface area contributed by atoms with Crippen LogP contribution in [0.3, 0.4) is 0 Å². The van der Waals surface area contributed by atoms with Gasteiger partial charge in [0.1, 0.15) is 7.05 Å². The molecular formula is C17H19N3+2. The fourth-order valence-corrected chi connectivity index (χ4v) is 2.59. The Morgan fingerprint density at radius 3 is 2.45 bits per heavy atom. The number of aromatic nitrogens is 3. The third kappa shape index (κ3) is 2.01. The summed E-state index contributed by atoms with van der Waals surface area (Å²) in [5.41, 5.74) is 3.78. The highest BCUT2D eigenvalue weighted by molar-refractivity contribution is 5.60. The fraction of sp³-hybridized carbons (Fsp3) is 0.176. The molecule has 100 valence electrons. The lowest BCUT2D eigenvalue weighted by Crippen LogP contribution is -2.51. The Morgan fingerprint density at radius 1 is 0.950 bits per heavy atom. The Labute approximate surface area is 119 Å². The largest absolute Gasteiger partial charge is 0.472 e. The summed E-state index contributed by atoms with van der Waals surface area (Å²) in [4.78, 5) is 0. The van der Waals surface area contributed by atoms with Crippen LogP contribution in [0.5, 0.6) is 0 Å². The molecular weight excluding hydrogens is 246 g/mol. The molecule has 0 N–H and O–H groups in total. The predicted molar refractivity (Wildman–Crippen MR) is 78.3 cm³/mol. The topological polar surface area (TPSA) is 12.7 Å². The molecule has 0 atom stereocenters. The van der Waals surface area contributed by atoms with E-state index < -0.39 is 0 Å². The Balaban J connectivity index is 2.21. The van der Waals surface area contributed by atoms with Crippen LogP contribution in [-0.2, 0) is 14.1 Å². The summed E-state index contributed by atoms with van der Waals surface area (Å²) in [6.45, 7) is 2.15. The first-order chi connectivity index (χ1) is 9.68. The molecule has 0 unspecified atom stereocenters. The van der Waals surface area contributed by atoms with Gasteiger partial charge in [-0.05, 0) is 29.3 Å². The van der Waals surface area contributed by atoms with Gasteiger partial charge in [0.15, 0.2) is 0 Å². The van der Waals surface area contributed by atoms with E-state index in [0.29, 0.717) is 0 Å². The summed E-state index contributed by atoms with van der Waals surface area (Å²) in [6.07, 6.45) is 4.11. The van der Waals surface area contributed by atoms with E-state index in [2.05, 4.69) is 76.6 Å². The molecule has 0 bridgehead atoms. The zero-order valence-corrected chi connectivity index (χ0v) is 12.1. The number of benzene rings is 1. The lowest BCUT2D eigenvalue weighted by atomic mass is 10.1. The van der Waals surface area contributed by atoms with E-state index in [9.17, 15) is 0 Å². The van der Waals surface area contributed by atoms with Gasteiger partial charge in [0.05, 0.1) is 19.3 Å². The van der Waals surface area contributed by atoms with Crippen LogP contribution in [0.2, 0.25) is 0 Å². The first-order valence-electron chi connectivity index (χ1n) is 6.77. The van der Waals surface area contributed by atoms with Crippen LogP contribution in [0, 0.1) is 6.92 Å². The fourth-order valence-electron chi connectivity index (χ4n) is 2.59. The van der Waals surface area contributed by atoms with Crippen LogP contribution in [0.1, 0.15) is 5.56 Å². The van der Waals surface area contributed by atoms with E-state index >= 15 is 0 Å². The maximum absolute atomic E-state index is 2.22. The van der Waals surface area contributed by atoms with Gasteiger partial charge < -0.3 is 0 Å². The quantitative estimate of drug-likeness (QED) is 0.629. The molecule has 3 rings (SSSR count). The lowest BCUT2D eigenvalue weighted by molar-refractivity contribution is -0.809. The van der Waals surface area contributed by atoms with Crippen LogP contribution in [0.4, 0.5) is 0 Å². The zero-order valence-electron chi connectivity index (χ0n) is 12.1. The van der Waals surface area contributed by atoms with Gasteiger partial charge in [0.25, 0.3) is 0 Å². The van der Waals surface area contributed by atoms with Crippen molar-refractivity contribution in [3.8, 4) is 17.1 Å². The van der Waals surface area contributed by atoms with E-state index in [1.165, 1.54) is 16.8 Å². The molecule has 2 heterocycles. The minimum atomic E-state index is 1.14. The van der Waals surface area contributed by atoms with Gasteiger partial charge in [0.2, 0.25) is 11.9 Å². The van der Waals surface area contributed by atoms with E-state index in [-0.39, 0.29) is 0 Å². The molecule has 0 amide bonds. The van der Waals surface area contributed by atoms with Crippen molar-refractivity contribution in [2.24, 2.45) is 14.1 Å². The molecule has 0 aliphatic heterocycles. The number of nitrogens with zero attached hydrogens (tertiary/aromatic N) is 3. The molecule has 0 radical (unpaired) electrons. The monoisotopic (exact) mass is 265 g/mol. The molecule has 3 aromatic rings. The van der Waals surface area contributed by atoms with Crippen LogP contribution in [0.25, 0.3) is 17.1 Å². The SMILES string of the molecule is Cc1ccccc1-c1cccc(-[n+]2cccn2C)[n+]1C. The molecule has 0 fully saturated rings. The van der Waals surface area contributed by atoms with Crippen molar-refractivity contribution in [2.75, 3.05) is 0 Å². The van der Waals surface area contributed by atoms with Crippen molar-refractivity contribution in [2.45, 2.75) is 6.92 Å². The van der Waals surface area contributed by atoms with Gasteiger partial charge in [-0.25, -0.2) is 0 Å². The van der Waals surface area contributed by atoms with Crippen LogP contribution >= 0.6 is 0 Å². The molecule has 0 aliphatic carbocycles. The first-order valence-corrected chi connectivity index (χ1v) is 6.77. The van der Waals surface area contributed by atoms with Crippen molar-refractivity contribution in [1.82, 2.24) is 4.68 Å². The van der Waals surface area contributed by atoms with E-state index in [1.807, 2.05) is 19.3 Å².